The molecule has 6 aromatic carbocycles. The highest BCUT2D eigenvalue weighted by Gasteiger charge is 2.21. The summed E-state index contributed by atoms with van der Waals surface area (Å²) < 4.78 is 0. The average Bonchev–Trinajstić information content (AvgIpc) is 3.14. The van der Waals surface area contributed by atoms with Gasteiger partial charge in [-0.3, -0.25) is 14.6 Å². The summed E-state index contributed by atoms with van der Waals surface area (Å²) in [6.07, 6.45) is 0.613. The van der Waals surface area contributed by atoms with Gasteiger partial charge in [0.2, 0.25) is 0 Å². The van der Waals surface area contributed by atoms with E-state index in [9.17, 15) is 9.59 Å². The Hall–Kier alpha value is -5.58. The van der Waals surface area contributed by atoms with Crippen LogP contribution in [0.5, 0.6) is 0 Å². The lowest BCUT2D eigenvalue weighted by atomic mass is 10.0. The number of nitrogens with zero attached hydrogens (tertiary/aromatic N) is 2. The maximum Gasteiger partial charge on any atom is 0.164 e. The molecule has 0 aliphatic rings. The standard InChI is InChI=1S/C42H36N2O2/c45-41(37-25-21-35(22-26-37)33-13-5-1-6-14-33)29-31-43(44(39-17-9-3-10-18-39)40-19-11-4-12-20-40)32-30-42(46)38-27-23-36(24-28-38)34-15-7-2-8-16-34/h1-28H,29-32H2. The molecule has 0 N–H and O–H groups in total. The van der Waals surface area contributed by atoms with Gasteiger partial charge in [-0.1, -0.05) is 146 Å². The van der Waals surface area contributed by atoms with Crippen molar-refractivity contribution in [3.8, 4) is 22.3 Å². The molecule has 0 radical (unpaired) electrons. The lowest BCUT2D eigenvalue weighted by Gasteiger charge is -2.37. The fourth-order valence-electron chi connectivity index (χ4n) is 5.63. The van der Waals surface area contributed by atoms with Crippen molar-refractivity contribution in [2.24, 2.45) is 0 Å². The second-order valence-corrected chi connectivity index (χ2v) is 11.2. The Balaban J connectivity index is 1.21. The molecule has 0 amide bonds. The minimum absolute atomic E-state index is 0.0634. The van der Waals surface area contributed by atoms with E-state index in [1.807, 2.05) is 146 Å². The minimum Gasteiger partial charge on any atom is -0.294 e. The fourth-order valence-corrected chi connectivity index (χ4v) is 5.63. The molecule has 0 aromatic heterocycles. The summed E-state index contributed by atoms with van der Waals surface area (Å²) in [5.41, 5.74) is 7.69. The van der Waals surface area contributed by atoms with E-state index in [0.717, 1.165) is 33.6 Å². The molecule has 0 spiro atoms. The Morgan fingerprint density at radius 1 is 0.370 bits per heavy atom. The molecular weight excluding hydrogens is 564 g/mol. The molecule has 0 atom stereocenters. The number of hydrogen-bond acceptors (Lipinski definition) is 4. The third-order valence-corrected chi connectivity index (χ3v) is 8.11. The summed E-state index contributed by atoms with van der Waals surface area (Å²) in [5.74, 6) is 0.127. The summed E-state index contributed by atoms with van der Waals surface area (Å²) in [4.78, 5) is 27.0. The van der Waals surface area contributed by atoms with Crippen LogP contribution in [0.4, 0.5) is 11.4 Å². The number of hydrogen-bond donors (Lipinski definition) is 0. The van der Waals surface area contributed by atoms with E-state index in [2.05, 4.69) is 34.3 Å². The van der Waals surface area contributed by atoms with Crippen LogP contribution in [0, 0.1) is 0 Å². The molecule has 0 saturated heterocycles. The summed E-state index contributed by atoms with van der Waals surface area (Å²) >= 11 is 0. The Labute approximate surface area is 271 Å². The van der Waals surface area contributed by atoms with Gasteiger partial charge in [-0.15, -0.1) is 0 Å². The van der Waals surface area contributed by atoms with Crippen molar-refractivity contribution in [1.82, 2.24) is 5.01 Å². The SMILES string of the molecule is O=C(CCN(CCC(=O)c1ccc(-c2ccccc2)cc1)N(c1ccccc1)c1ccccc1)c1ccc(-c2ccccc2)cc1. The number of carbonyl (C=O) groups excluding carboxylic acids is 2. The summed E-state index contributed by atoms with van der Waals surface area (Å²) in [7, 11) is 0. The second-order valence-electron chi connectivity index (χ2n) is 11.2. The highest BCUT2D eigenvalue weighted by atomic mass is 16.1. The van der Waals surface area contributed by atoms with Gasteiger partial charge >= 0.3 is 0 Å². The van der Waals surface area contributed by atoms with E-state index < -0.39 is 0 Å². The number of anilines is 2. The Morgan fingerprint density at radius 3 is 1.02 bits per heavy atom. The third kappa shape index (κ3) is 7.55. The maximum atomic E-state index is 13.5. The Morgan fingerprint density at radius 2 is 0.674 bits per heavy atom. The molecule has 0 unspecified atom stereocenters. The van der Waals surface area contributed by atoms with Gasteiger partial charge in [-0.2, -0.15) is 0 Å². The predicted octanol–water partition coefficient (Wildman–Crippen LogP) is 9.92. The quantitative estimate of drug-likeness (QED) is 0.0977. The summed E-state index contributed by atoms with van der Waals surface area (Å²) in [6, 6.07) is 56.1. The molecular formula is C42H36N2O2. The monoisotopic (exact) mass is 600 g/mol. The van der Waals surface area contributed by atoms with Crippen LogP contribution in [0.3, 0.4) is 0 Å². The van der Waals surface area contributed by atoms with E-state index in [-0.39, 0.29) is 11.6 Å². The molecule has 46 heavy (non-hydrogen) atoms. The zero-order chi connectivity index (χ0) is 31.6. The van der Waals surface area contributed by atoms with E-state index >= 15 is 0 Å². The lowest BCUT2D eigenvalue weighted by molar-refractivity contribution is 0.0947. The van der Waals surface area contributed by atoms with Crippen molar-refractivity contribution in [3.05, 3.63) is 181 Å². The van der Waals surface area contributed by atoms with E-state index in [1.165, 1.54) is 0 Å². The average molecular weight is 601 g/mol. The van der Waals surface area contributed by atoms with Crippen LogP contribution in [0.25, 0.3) is 22.3 Å². The van der Waals surface area contributed by atoms with Crippen LogP contribution in [-0.2, 0) is 0 Å². The summed E-state index contributed by atoms with van der Waals surface area (Å²) in [6.45, 7) is 0.895. The number of benzene rings is 6. The zero-order valence-corrected chi connectivity index (χ0v) is 25.7. The topological polar surface area (TPSA) is 40.6 Å². The van der Waals surface area contributed by atoms with Crippen molar-refractivity contribution >= 4 is 22.9 Å². The van der Waals surface area contributed by atoms with E-state index in [0.29, 0.717) is 37.1 Å². The smallest absolute Gasteiger partial charge is 0.164 e. The fraction of sp³-hybridized carbons (Fsp3) is 0.0952. The molecule has 0 saturated carbocycles. The van der Waals surface area contributed by atoms with Crippen molar-refractivity contribution in [2.75, 3.05) is 18.1 Å². The van der Waals surface area contributed by atoms with Crippen LogP contribution < -0.4 is 5.01 Å². The Kier molecular flexibility index (Phi) is 9.88. The normalized spacial score (nSPS) is 10.9. The molecule has 4 heteroatoms. The number of Topliss-reactive ketones (excluding diaryl/α,β-unsaturated/α-hetero) is 2. The first-order valence-corrected chi connectivity index (χ1v) is 15.7. The number of hydrazine groups is 1. The molecule has 0 fully saturated rings. The molecule has 226 valence electrons. The molecule has 0 heterocycles. The highest BCUT2D eigenvalue weighted by Crippen LogP contribution is 2.28. The number of para-hydroxylation sites is 2. The van der Waals surface area contributed by atoms with Crippen LogP contribution in [0.1, 0.15) is 33.6 Å². The first kappa shape index (κ1) is 30.4. The van der Waals surface area contributed by atoms with Gasteiger partial charge in [0.1, 0.15) is 0 Å². The molecule has 0 aliphatic heterocycles. The second kappa shape index (κ2) is 14.9. The van der Waals surface area contributed by atoms with E-state index in [4.69, 9.17) is 0 Å². The van der Waals surface area contributed by atoms with Crippen molar-refractivity contribution < 1.29 is 9.59 Å². The highest BCUT2D eigenvalue weighted by molar-refractivity contribution is 5.97. The third-order valence-electron chi connectivity index (χ3n) is 8.11. The molecule has 4 nitrogen and oxygen atoms in total. The lowest BCUT2D eigenvalue weighted by Crippen LogP contribution is -2.42. The van der Waals surface area contributed by atoms with Gasteiger partial charge in [0, 0.05) is 37.1 Å². The maximum absolute atomic E-state index is 13.5. The molecule has 6 rings (SSSR count). The van der Waals surface area contributed by atoms with Gasteiger partial charge in [0.15, 0.2) is 11.6 Å². The van der Waals surface area contributed by atoms with Gasteiger partial charge in [-0.25, -0.2) is 5.01 Å². The van der Waals surface area contributed by atoms with Crippen LogP contribution in [-0.4, -0.2) is 29.7 Å². The Bertz CT molecular complexity index is 1700. The van der Waals surface area contributed by atoms with Gasteiger partial charge in [0.05, 0.1) is 11.4 Å². The number of rotatable bonds is 13. The first-order chi connectivity index (χ1) is 22.7. The van der Waals surface area contributed by atoms with Crippen LogP contribution in [0.15, 0.2) is 170 Å². The van der Waals surface area contributed by atoms with E-state index in [1.54, 1.807) is 0 Å². The molecule has 0 aliphatic carbocycles. The van der Waals surface area contributed by atoms with Gasteiger partial charge in [-0.05, 0) is 46.5 Å². The number of carbonyl (C=O) groups is 2. The molecule has 6 aromatic rings. The van der Waals surface area contributed by atoms with Crippen molar-refractivity contribution in [3.63, 3.8) is 0 Å². The summed E-state index contributed by atoms with van der Waals surface area (Å²) in [5, 5.41) is 4.24. The zero-order valence-electron chi connectivity index (χ0n) is 25.7. The first-order valence-electron chi connectivity index (χ1n) is 15.7. The van der Waals surface area contributed by atoms with Crippen LogP contribution in [0.2, 0.25) is 0 Å². The van der Waals surface area contributed by atoms with Crippen molar-refractivity contribution in [1.29, 1.82) is 0 Å². The van der Waals surface area contributed by atoms with Crippen LogP contribution >= 0.6 is 0 Å². The van der Waals surface area contributed by atoms with Crippen molar-refractivity contribution in [2.45, 2.75) is 12.8 Å². The minimum atomic E-state index is 0.0634. The molecule has 0 bridgehead atoms. The number of ketones is 2. The van der Waals surface area contributed by atoms with Gasteiger partial charge < -0.3 is 0 Å². The predicted molar refractivity (Wildman–Crippen MR) is 188 cm³/mol. The van der Waals surface area contributed by atoms with Gasteiger partial charge in [0.25, 0.3) is 0 Å². The largest absolute Gasteiger partial charge is 0.294 e.